The molecule has 9 heteroatoms. The van der Waals surface area contributed by atoms with Gasteiger partial charge in [0.25, 0.3) is 5.91 Å². The van der Waals surface area contributed by atoms with E-state index in [4.69, 9.17) is 15.2 Å². The molecule has 0 aliphatic carbocycles. The summed E-state index contributed by atoms with van der Waals surface area (Å²) < 4.78 is 10.3. The van der Waals surface area contributed by atoms with Crippen molar-refractivity contribution in [2.24, 2.45) is 5.73 Å². The molecular weight excluding hydrogens is 346 g/mol. The van der Waals surface area contributed by atoms with Crippen LogP contribution >= 0.6 is 11.8 Å². The molecule has 0 heterocycles. The number of benzene rings is 1. The lowest BCUT2D eigenvalue weighted by Gasteiger charge is -2.19. The van der Waals surface area contributed by atoms with Crippen LogP contribution in [0.25, 0.3) is 0 Å². The molecule has 8 nitrogen and oxygen atoms in total. The molecule has 0 saturated carbocycles. The number of para-hydroxylation sites is 2. The molecule has 0 aromatic heterocycles. The second-order valence-corrected chi connectivity index (χ2v) is 6.10. The molecule has 25 heavy (non-hydrogen) atoms. The van der Waals surface area contributed by atoms with Crippen LogP contribution in [-0.4, -0.2) is 49.2 Å². The van der Waals surface area contributed by atoms with Crippen LogP contribution in [0, 0.1) is 0 Å². The first-order valence-corrected chi connectivity index (χ1v) is 8.97. The van der Waals surface area contributed by atoms with Gasteiger partial charge in [-0.25, -0.2) is 9.59 Å². The summed E-state index contributed by atoms with van der Waals surface area (Å²) in [6.45, 7) is 1.44. The average molecular weight is 369 g/mol. The molecule has 0 bridgehead atoms. The third-order valence-corrected chi connectivity index (χ3v) is 3.88. The third-order valence-electron chi connectivity index (χ3n) is 3.24. The lowest BCUT2D eigenvalue weighted by atomic mass is 10.2. The third kappa shape index (κ3) is 6.92. The molecular formula is C16H23N3O5S. The minimum atomic E-state index is -1.05. The summed E-state index contributed by atoms with van der Waals surface area (Å²) in [5.74, 6) is -0.111. The van der Waals surface area contributed by atoms with Crippen molar-refractivity contribution in [3.8, 4) is 5.75 Å². The van der Waals surface area contributed by atoms with E-state index >= 15 is 0 Å². The van der Waals surface area contributed by atoms with E-state index in [2.05, 4.69) is 10.6 Å². The van der Waals surface area contributed by atoms with E-state index in [1.54, 1.807) is 24.3 Å². The van der Waals surface area contributed by atoms with Gasteiger partial charge < -0.3 is 25.8 Å². The summed E-state index contributed by atoms with van der Waals surface area (Å²) in [6, 6.07) is 5.15. The Labute approximate surface area is 150 Å². The van der Waals surface area contributed by atoms with Crippen LogP contribution in [0.3, 0.4) is 0 Å². The number of hydrogen-bond acceptors (Lipinski definition) is 6. The highest BCUT2D eigenvalue weighted by atomic mass is 32.2. The summed E-state index contributed by atoms with van der Waals surface area (Å²) in [5, 5.41) is 4.96. The zero-order valence-corrected chi connectivity index (χ0v) is 15.2. The van der Waals surface area contributed by atoms with Gasteiger partial charge in [0.1, 0.15) is 11.8 Å². The quantitative estimate of drug-likeness (QED) is 0.565. The SMILES string of the molecule is COc1ccccc1NC(=O)[C@H](C)OC(=O)[C@H](CCSC)NC(N)=O. The molecule has 2 atom stereocenters. The van der Waals surface area contributed by atoms with Gasteiger partial charge in [-0.05, 0) is 37.5 Å². The maximum atomic E-state index is 12.2. The maximum absolute atomic E-state index is 12.2. The first kappa shape index (κ1) is 20.6. The second kappa shape index (κ2) is 10.4. The van der Waals surface area contributed by atoms with Gasteiger partial charge in [-0.1, -0.05) is 12.1 Å². The number of anilines is 1. The molecule has 0 aliphatic heterocycles. The number of carbonyl (C=O) groups is 3. The van der Waals surface area contributed by atoms with Gasteiger partial charge in [-0.15, -0.1) is 0 Å². The van der Waals surface area contributed by atoms with Crippen molar-refractivity contribution >= 4 is 35.4 Å². The molecule has 138 valence electrons. The smallest absolute Gasteiger partial charge is 0.329 e. The summed E-state index contributed by atoms with van der Waals surface area (Å²) >= 11 is 1.51. The van der Waals surface area contributed by atoms with E-state index in [-0.39, 0.29) is 0 Å². The molecule has 0 aliphatic rings. The predicted molar refractivity (Wildman–Crippen MR) is 96.7 cm³/mol. The number of hydrogen-bond donors (Lipinski definition) is 3. The predicted octanol–water partition coefficient (Wildman–Crippen LogP) is 1.36. The zero-order valence-electron chi connectivity index (χ0n) is 14.4. The number of nitrogens with one attached hydrogen (secondary N) is 2. The Hall–Kier alpha value is -2.42. The van der Waals surface area contributed by atoms with Crippen molar-refractivity contribution < 1.29 is 23.9 Å². The Kier molecular flexibility index (Phi) is 8.62. The fourth-order valence-corrected chi connectivity index (χ4v) is 2.42. The summed E-state index contributed by atoms with van der Waals surface area (Å²) in [7, 11) is 1.49. The number of thioether (sulfide) groups is 1. The normalized spacial score (nSPS) is 12.6. The molecule has 0 fully saturated rings. The van der Waals surface area contributed by atoms with Crippen molar-refractivity contribution in [3.05, 3.63) is 24.3 Å². The molecule has 0 spiro atoms. The van der Waals surface area contributed by atoms with E-state index < -0.39 is 30.1 Å². The highest BCUT2D eigenvalue weighted by Gasteiger charge is 2.26. The van der Waals surface area contributed by atoms with Crippen LogP contribution in [0.15, 0.2) is 24.3 Å². The Morgan fingerprint density at radius 1 is 1.28 bits per heavy atom. The van der Waals surface area contributed by atoms with Crippen molar-refractivity contribution in [1.29, 1.82) is 0 Å². The first-order chi connectivity index (χ1) is 11.9. The standard InChI is InChI=1S/C16H23N3O5S/c1-10(14(20)18-11-6-4-5-7-13(11)23-2)24-15(21)12(8-9-25-3)19-16(17)22/h4-7,10,12H,8-9H2,1-3H3,(H,18,20)(H3,17,19,22)/t10-,12-/m0/s1. The molecule has 3 amide bonds. The summed E-state index contributed by atoms with van der Waals surface area (Å²) in [5.41, 5.74) is 5.53. The highest BCUT2D eigenvalue weighted by Crippen LogP contribution is 2.23. The number of ether oxygens (including phenoxy) is 2. The molecule has 4 N–H and O–H groups in total. The molecule has 1 rings (SSSR count). The highest BCUT2D eigenvalue weighted by molar-refractivity contribution is 7.98. The van der Waals surface area contributed by atoms with E-state index in [1.807, 2.05) is 6.26 Å². The topological polar surface area (TPSA) is 120 Å². The fraction of sp³-hybridized carbons (Fsp3) is 0.438. The average Bonchev–Trinajstić information content (AvgIpc) is 2.58. The second-order valence-electron chi connectivity index (χ2n) is 5.11. The lowest BCUT2D eigenvalue weighted by molar-refractivity contribution is -0.155. The Bertz CT molecular complexity index is 611. The van der Waals surface area contributed by atoms with Crippen LogP contribution in [0.4, 0.5) is 10.5 Å². The Morgan fingerprint density at radius 2 is 1.96 bits per heavy atom. The van der Waals surface area contributed by atoms with Crippen molar-refractivity contribution in [2.45, 2.75) is 25.5 Å². The fourth-order valence-electron chi connectivity index (χ4n) is 1.95. The number of carbonyl (C=O) groups excluding carboxylic acids is 3. The molecule has 1 aromatic rings. The maximum Gasteiger partial charge on any atom is 0.329 e. The number of rotatable bonds is 9. The lowest BCUT2D eigenvalue weighted by Crippen LogP contribution is -2.46. The molecule has 0 unspecified atom stereocenters. The number of esters is 1. The Morgan fingerprint density at radius 3 is 2.56 bits per heavy atom. The molecule has 0 saturated heterocycles. The van der Waals surface area contributed by atoms with Crippen LogP contribution in [-0.2, 0) is 14.3 Å². The number of methoxy groups -OCH3 is 1. The first-order valence-electron chi connectivity index (χ1n) is 7.58. The molecule has 1 aromatic carbocycles. The number of urea groups is 1. The van der Waals surface area contributed by atoms with Crippen LogP contribution < -0.4 is 21.1 Å². The largest absolute Gasteiger partial charge is 0.495 e. The minimum absolute atomic E-state index is 0.351. The van der Waals surface area contributed by atoms with Gasteiger partial charge in [0.15, 0.2) is 6.10 Å². The van der Waals surface area contributed by atoms with Crippen LogP contribution in [0.2, 0.25) is 0 Å². The van der Waals surface area contributed by atoms with Crippen LogP contribution in [0.5, 0.6) is 5.75 Å². The van der Waals surface area contributed by atoms with E-state index in [1.165, 1.54) is 25.8 Å². The number of amides is 3. The summed E-state index contributed by atoms with van der Waals surface area (Å²) in [6.07, 6.45) is 1.17. The summed E-state index contributed by atoms with van der Waals surface area (Å²) in [4.78, 5) is 35.4. The van der Waals surface area contributed by atoms with Gasteiger partial charge in [0.05, 0.1) is 12.8 Å². The van der Waals surface area contributed by atoms with E-state index in [0.29, 0.717) is 23.6 Å². The molecule has 0 radical (unpaired) electrons. The van der Waals surface area contributed by atoms with Gasteiger partial charge in [-0.3, -0.25) is 4.79 Å². The van der Waals surface area contributed by atoms with Gasteiger partial charge in [-0.2, -0.15) is 11.8 Å². The van der Waals surface area contributed by atoms with Crippen molar-refractivity contribution in [2.75, 3.05) is 24.4 Å². The number of nitrogens with two attached hydrogens (primary N) is 1. The Balaban J connectivity index is 2.68. The monoisotopic (exact) mass is 369 g/mol. The van der Waals surface area contributed by atoms with Crippen molar-refractivity contribution in [1.82, 2.24) is 5.32 Å². The minimum Gasteiger partial charge on any atom is -0.495 e. The van der Waals surface area contributed by atoms with Gasteiger partial charge >= 0.3 is 12.0 Å². The van der Waals surface area contributed by atoms with E-state index in [9.17, 15) is 14.4 Å². The van der Waals surface area contributed by atoms with Crippen LogP contribution in [0.1, 0.15) is 13.3 Å². The van der Waals surface area contributed by atoms with E-state index in [0.717, 1.165) is 0 Å². The van der Waals surface area contributed by atoms with Gasteiger partial charge in [0.2, 0.25) is 0 Å². The number of primary amides is 1. The zero-order chi connectivity index (χ0) is 18.8. The van der Waals surface area contributed by atoms with Gasteiger partial charge in [0, 0.05) is 0 Å². The van der Waals surface area contributed by atoms with Crippen molar-refractivity contribution in [3.63, 3.8) is 0 Å².